The number of hydrogen-bond acceptors (Lipinski definition) is 4. The number of carbonyl (C=O) groups excluding carboxylic acids is 1. The van der Waals surface area contributed by atoms with Crippen molar-refractivity contribution in [2.75, 3.05) is 20.2 Å². The molecule has 2 rings (SSSR count). The van der Waals surface area contributed by atoms with Crippen LogP contribution in [0.1, 0.15) is 26.7 Å². The molecule has 0 bridgehead atoms. The summed E-state index contributed by atoms with van der Waals surface area (Å²) >= 11 is 0. The zero-order valence-corrected chi connectivity index (χ0v) is 10.3. The summed E-state index contributed by atoms with van der Waals surface area (Å²) in [5.41, 5.74) is 0. The Hall–Kier alpha value is -0.610. The average molecular weight is 227 g/mol. The van der Waals surface area contributed by atoms with Gasteiger partial charge in [0.05, 0.1) is 19.3 Å². The molecule has 0 spiro atoms. The summed E-state index contributed by atoms with van der Waals surface area (Å²) in [5, 5.41) is 0. The monoisotopic (exact) mass is 227 g/mol. The van der Waals surface area contributed by atoms with Crippen LogP contribution in [0.2, 0.25) is 0 Å². The van der Waals surface area contributed by atoms with E-state index in [1.165, 1.54) is 7.11 Å². The first-order valence-electron chi connectivity index (χ1n) is 6.09. The summed E-state index contributed by atoms with van der Waals surface area (Å²) in [6, 6.07) is -0.0428. The molecule has 0 aromatic heterocycles. The quantitative estimate of drug-likeness (QED) is 0.675. The maximum atomic E-state index is 11.8. The van der Waals surface area contributed by atoms with Crippen LogP contribution in [0.3, 0.4) is 0 Å². The lowest BCUT2D eigenvalue weighted by molar-refractivity contribution is -0.153. The molecule has 3 unspecified atom stereocenters. The first-order valence-corrected chi connectivity index (χ1v) is 6.09. The first kappa shape index (κ1) is 11.9. The van der Waals surface area contributed by atoms with Crippen LogP contribution in [-0.4, -0.2) is 49.3 Å². The van der Waals surface area contributed by atoms with E-state index in [0.29, 0.717) is 5.92 Å². The summed E-state index contributed by atoms with van der Waals surface area (Å²) in [4.78, 5) is 14.0. The van der Waals surface area contributed by atoms with E-state index < -0.39 is 0 Å². The van der Waals surface area contributed by atoms with Crippen molar-refractivity contribution in [1.82, 2.24) is 4.90 Å². The maximum Gasteiger partial charge on any atom is 0.323 e. The zero-order chi connectivity index (χ0) is 11.7. The Morgan fingerprint density at radius 3 is 2.31 bits per heavy atom. The van der Waals surface area contributed by atoms with Gasteiger partial charge in [0.25, 0.3) is 0 Å². The molecule has 0 aromatic carbocycles. The van der Waals surface area contributed by atoms with E-state index in [9.17, 15) is 4.79 Å². The minimum atomic E-state index is -0.0798. The lowest BCUT2D eigenvalue weighted by atomic mass is 10.1. The molecule has 2 aliphatic rings. The molecule has 1 aliphatic carbocycles. The summed E-state index contributed by atoms with van der Waals surface area (Å²) < 4.78 is 10.6. The molecule has 0 N–H and O–H groups in total. The van der Waals surface area contributed by atoms with Crippen LogP contribution in [0, 0.1) is 5.92 Å². The topological polar surface area (TPSA) is 38.8 Å². The Labute approximate surface area is 96.9 Å². The summed E-state index contributed by atoms with van der Waals surface area (Å²) in [6.45, 7) is 5.79. The second kappa shape index (κ2) is 4.72. The van der Waals surface area contributed by atoms with Crippen molar-refractivity contribution in [3.63, 3.8) is 0 Å². The second-order valence-electron chi connectivity index (χ2n) is 5.02. The van der Waals surface area contributed by atoms with Gasteiger partial charge in [0.2, 0.25) is 0 Å². The largest absolute Gasteiger partial charge is 0.468 e. The number of nitrogens with zero attached hydrogens (tertiary/aromatic N) is 1. The number of methoxy groups -OCH3 is 1. The van der Waals surface area contributed by atoms with E-state index in [4.69, 9.17) is 9.47 Å². The fourth-order valence-corrected chi connectivity index (χ4v) is 2.62. The van der Waals surface area contributed by atoms with Gasteiger partial charge in [-0.25, -0.2) is 0 Å². The van der Waals surface area contributed by atoms with Gasteiger partial charge < -0.3 is 9.47 Å². The number of carbonyl (C=O) groups is 1. The Balaban J connectivity index is 2.04. The van der Waals surface area contributed by atoms with E-state index in [1.54, 1.807) is 0 Å². The average Bonchev–Trinajstić information content (AvgIpc) is 3.00. The lowest BCUT2D eigenvalue weighted by Gasteiger charge is -2.39. The molecule has 3 atom stereocenters. The Kier molecular flexibility index (Phi) is 3.50. The number of hydrogen-bond donors (Lipinski definition) is 0. The number of esters is 1. The molecule has 0 radical (unpaired) electrons. The highest BCUT2D eigenvalue weighted by Gasteiger charge is 2.42. The Morgan fingerprint density at radius 2 is 1.88 bits per heavy atom. The van der Waals surface area contributed by atoms with Gasteiger partial charge in [0.1, 0.15) is 6.04 Å². The van der Waals surface area contributed by atoms with Crippen molar-refractivity contribution in [3.8, 4) is 0 Å². The standard InChI is InChI=1S/C12H21NO3/c1-8-6-13(7-9(2)16-8)11(10-4-5-10)12(14)15-3/h8-11H,4-7H2,1-3H3. The van der Waals surface area contributed by atoms with Crippen molar-refractivity contribution in [2.24, 2.45) is 5.92 Å². The highest BCUT2D eigenvalue weighted by atomic mass is 16.5. The summed E-state index contributed by atoms with van der Waals surface area (Å²) in [6.07, 6.45) is 2.71. The molecule has 1 heterocycles. The molecular weight excluding hydrogens is 206 g/mol. The fourth-order valence-electron chi connectivity index (χ4n) is 2.62. The van der Waals surface area contributed by atoms with Crippen LogP contribution in [-0.2, 0) is 14.3 Å². The third kappa shape index (κ3) is 2.55. The van der Waals surface area contributed by atoms with E-state index in [1.807, 2.05) is 0 Å². The number of ether oxygens (including phenoxy) is 2. The van der Waals surface area contributed by atoms with Crippen molar-refractivity contribution in [3.05, 3.63) is 0 Å². The minimum Gasteiger partial charge on any atom is -0.468 e. The predicted molar refractivity (Wildman–Crippen MR) is 60.1 cm³/mol. The SMILES string of the molecule is COC(=O)C(C1CC1)N1CC(C)OC(C)C1. The van der Waals surface area contributed by atoms with E-state index in [0.717, 1.165) is 25.9 Å². The molecule has 16 heavy (non-hydrogen) atoms. The third-order valence-electron chi connectivity index (χ3n) is 3.35. The molecule has 1 saturated carbocycles. The van der Waals surface area contributed by atoms with Crippen LogP contribution in [0.25, 0.3) is 0 Å². The normalized spacial score (nSPS) is 33.4. The van der Waals surface area contributed by atoms with E-state index >= 15 is 0 Å². The Morgan fingerprint density at radius 1 is 1.31 bits per heavy atom. The van der Waals surface area contributed by atoms with E-state index in [2.05, 4.69) is 18.7 Å². The van der Waals surface area contributed by atoms with Gasteiger partial charge in [-0.2, -0.15) is 0 Å². The molecular formula is C12H21NO3. The number of rotatable bonds is 3. The van der Waals surface area contributed by atoms with Crippen molar-refractivity contribution >= 4 is 5.97 Å². The third-order valence-corrected chi connectivity index (χ3v) is 3.35. The molecule has 1 saturated heterocycles. The number of morpholine rings is 1. The highest BCUT2D eigenvalue weighted by molar-refractivity contribution is 5.76. The van der Waals surface area contributed by atoms with Gasteiger partial charge >= 0.3 is 5.97 Å². The van der Waals surface area contributed by atoms with Gasteiger partial charge in [-0.15, -0.1) is 0 Å². The molecule has 0 aromatic rings. The predicted octanol–water partition coefficient (Wildman–Crippen LogP) is 1.05. The zero-order valence-electron chi connectivity index (χ0n) is 10.3. The maximum absolute atomic E-state index is 11.8. The van der Waals surface area contributed by atoms with Crippen LogP contribution in [0.5, 0.6) is 0 Å². The van der Waals surface area contributed by atoms with Crippen molar-refractivity contribution < 1.29 is 14.3 Å². The molecule has 4 heteroatoms. The van der Waals surface area contributed by atoms with E-state index in [-0.39, 0.29) is 24.2 Å². The fraction of sp³-hybridized carbons (Fsp3) is 0.917. The van der Waals surface area contributed by atoms with Crippen molar-refractivity contribution in [1.29, 1.82) is 0 Å². The highest BCUT2D eigenvalue weighted by Crippen LogP contribution is 2.36. The van der Waals surface area contributed by atoms with Gasteiger partial charge in [0.15, 0.2) is 0 Å². The minimum absolute atomic E-state index is 0.0428. The molecule has 92 valence electrons. The summed E-state index contributed by atoms with van der Waals surface area (Å²) in [5.74, 6) is 0.425. The molecule has 1 aliphatic heterocycles. The van der Waals surface area contributed by atoms with Crippen LogP contribution in [0.4, 0.5) is 0 Å². The molecule has 4 nitrogen and oxygen atoms in total. The lowest BCUT2D eigenvalue weighted by Crippen LogP contribution is -2.53. The summed E-state index contributed by atoms with van der Waals surface area (Å²) in [7, 11) is 1.48. The molecule has 2 fully saturated rings. The van der Waals surface area contributed by atoms with Crippen LogP contribution >= 0.6 is 0 Å². The van der Waals surface area contributed by atoms with Crippen LogP contribution in [0.15, 0.2) is 0 Å². The first-order chi connectivity index (χ1) is 7.61. The second-order valence-corrected chi connectivity index (χ2v) is 5.02. The van der Waals surface area contributed by atoms with Gasteiger partial charge in [-0.1, -0.05) is 0 Å². The Bertz CT molecular complexity index is 255. The molecule has 0 amide bonds. The van der Waals surface area contributed by atoms with Crippen LogP contribution < -0.4 is 0 Å². The van der Waals surface area contributed by atoms with Crippen molar-refractivity contribution in [2.45, 2.75) is 44.9 Å². The smallest absolute Gasteiger partial charge is 0.323 e. The van der Waals surface area contributed by atoms with Gasteiger partial charge in [-0.3, -0.25) is 9.69 Å². The van der Waals surface area contributed by atoms with Gasteiger partial charge in [0, 0.05) is 13.1 Å². The van der Waals surface area contributed by atoms with Gasteiger partial charge in [-0.05, 0) is 32.6 Å².